The highest BCUT2D eigenvalue weighted by Crippen LogP contribution is 2.44. The summed E-state index contributed by atoms with van der Waals surface area (Å²) in [5.74, 6) is -2.10. The molecule has 0 aliphatic carbocycles. The van der Waals surface area contributed by atoms with Crippen LogP contribution in [0, 0.1) is 10.8 Å². The second-order valence-corrected chi connectivity index (χ2v) is 3.98. The third-order valence-corrected chi connectivity index (χ3v) is 3.58. The van der Waals surface area contributed by atoms with Crippen LogP contribution in [0.4, 0.5) is 0 Å². The third-order valence-electron chi connectivity index (χ3n) is 3.58. The number of rotatable bonds is 5. The number of hydrogen-bond donors (Lipinski definition) is 2. The van der Waals surface area contributed by atoms with E-state index in [1.165, 1.54) is 13.8 Å². The van der Waals surface area contributed by atoms with E-state index in [1.54, 1.807) is 13.8 Å². The van der Waals surface area contributed by atoms with Gasteiger partial charge in [-0.2, -0.15) is 0 Å². The lowest BCUT2D eigenvalue weighted by Crippen LogP contribution is -2.48. The van der Waals surface area contributed by atoms with Crippen LogP contribution in [0.3, 0.4) is 0 Å². The van der Waals surface area contributed by atoms with Crippen molar-refractivity contribution in [3.8, 4) is 0 Å². The van der Waals surface area contributed by atoms with Gasteiger partial charge in [-0.1, -0.05) is 13.8 Å². The van der Waals surface area contributed by atoms with Gasteiger partial charge in [0.05, 0.1) is 10.8 Å². The summed E-state index contributed by atoms with van der Waals surface area (Å²) in [6.07, 6.45) is 0.609. The summed E-state index contributed by atoms with van der Waals surface area (Å²) in [5.41, 5.74) is -2.43. The smallest absolute Gasteiger partial charge is 0.310 e. The van der Waals surface area contributed by atoms with Crippen molar-refractivity contribution in [2.75, 3.05) is 0 Å². The first-order valence-corrected chi connectivity index (χ1v) is 4.73. The molecule has 0 aromatic rings. The summed E-state index contributed by atoms with van der Waals surface area (Å²) in [4.78, 5) is 22.2. The molecule has 14 heavy (non-hydrogen) atoms. The van der Waals surface area contributed by atoms with Gasteiger partial charge in [0.1, 0.15) is 0 Å². The topological polar surface area (TPSA) is 74.6 Å². The third kappa shape index (κ3) is 1.61. The standard InChI is InChI=1S/C10H18O4/c1-5-9(3,7(11)12)10(4,6-2)8(13)14/h5-6H2,1-4H3,(H,11,12)(H,13,14)/t9-,10+. The van der Waals surface area contributed by atoms with Crippen molar-refractivity contribution in [2.45, 2.75) is 40.5 Å². The Morgan fingerprint density at radius 2 is 1.14 bits per heavy atom. The van der Waals surface area contributed by atoms with Crippen LogP contribution in [0.5, 0.6) is 0 Å². The van der Waals surface area contributed by atoms with E-state index < -0.39 is 22.8 Å². The van der Waals surface area contributed by atoms with Crippen LogP contribution in [-0.2, 0) is 9.59 Å². The maximum absolute atomic E-state index is 11.1. The van der Waals surface area contributed by atoms with Crippen molar-refractivity contribution in [3.63, 3.8) is 0 Å². The van der Waals surface area contributed by atoms with E-state index in [0.717, 1.165) is 0 Å². The van der Waals surface area contributed by atoms with Crippen LogP contribution in [0.2, 0.25) is 0 Å². The van der Waals surface area contributed by atoms with Crippen LogP contribution < -0.4 is 0 Å². The van der Waals surface area contributed by atoms with Crippen molar-refractivity contribution < 1.29 is 19.8 Å². The van der Waals surface area contributed by atoms with Crippen molar-refractivity contribution in [3.05, 3.63) is 0 Å². The second kappa shape index (κ2) is 3.98. The molecule has 0 radical (unpaired) electrons. The number of carboxylic acids is 2. The van der Waals surface area contributed by atoms with Crippen LogP contribution >= 0.6 is 0 Å². The quantitative estimate of drug-likeness (QED) is 0.714. The van der Waals surface area contributed by atoms with E-state index in [4.69, 9.17) is 10.2 Å². The van der Waals surface area contributed by atoms with Crippen molar-refractivity contribution in [2.24, 2.45) is 10.8 Å². The Morgan fingerprint density at radius 1 is 0.929 bits per heavy atom. The van der Waals surface area contributed by atoms with E-state index in [-0.39, 0.29) is 0 Å². The first kappa shape index (κ1) is 12.9. The average Bonchev–Trinajstić information content (AvgIpc) is 2.14. The van der Waals surface area contributed by atoms with Gasteiger partial charge in [0.15, 0.2) is 0 Å². The van der Waals surface area contributed by atoms with Gasteiger partial charge in [0.2, 0.25) is 0 Å². The minimum atomic E-state index is -1.21. The lowest BCUT2D eigenvalue weighted by Gasteiger charge is -2.38. The van der Waals surface area contributed by atoms with Gasteiger partial charge in [-0.3, -0.25) is 9.59 Å². The molecule has 0 aromatic carbocycles. The Hall–Kier alpha value is -1.06. The molecule has 0 aliphatic rings. The summed E-state index contributed by atoms with van der Waals surface area (Å²) >= 11 is 0. The Labute approximate surface area is 83.9 Å². The van der Waals surface area contributed by atoms with Gasteiger partial charge >= 0.3 is 11.9 Å². The zero-order valence-corrected chi connectivity index (χ0v) is 9.13. The molecule has 4 nitrogen and oxygen atoms in total. The first-order chi connectivity index (χ1) is 6.26. The number of hydrogen-bond acceptors (Lipinski definition) is 2. The normalized spacial score (nSPS) is 19.4. The molecular weight excluding hydrogens is 184 g/mol. The molecule has 4 heteroatoms. The molecule has 0 heterocycles. The highest BCUT2D eigenvalue weighted by Gasteiger charge is 2.53. The van der Waals surface area contributed by atoms with Gasteiger partial charge in [0, 0.05) is 0 Å². The summed E-state index contributed by atoms with van der Waals surface area (Å²) < 4.78 is 0. The largest absolute Gasteiger partial charge is 0.481 e. The molecular formula is C10H18O4. The van der Waals surface area contributed by atoms with Gasteiger partial charge < -0.3 is 10.2 Å². The van der Waals surface area contributed by atoms with Crippen LogP contribution in [0.1, 0.15) is 40.5 Å². The minimum Gasteiger partial charge on any atom is -0.481 e. The van der Waals surface area contributed by atoms with E-state index >= 15 is 0 Å². The Bertz CT molecular complexity index is 223. The van der Waals surface area contributed by atoms with E-state index in [0.29, 0.717) is 12.8 Å². The Balaban J connectivity index is 5.37. The lowest BCUT2D eigenvalue weighted by atomic mass is 9.62. The molecule has 0 amide bonds. The second-order valence-electron chi connectivity index (χ2n) is 3.98. The maximum Gasteiger partial charge on any atom is 0.310 e. The summed E-state index contributed by atoms with van der Waals surface area (Å²) in [7, 11) is 0. The molecule has 0 rings (SSSR count). The molecule has 0 aliphatic heterocycles. The van der Waals surface area contributed by atoms with Crippen molar-refractivity contribution in [1.29, 1.82) is 0 Å². The molecule has 82 valence electrons. The molecule has 0 bridgehead atoms. The molecule has 2 atom stereocenters. The van der Waals surface area contributed by atoms with Gasteiger partial charge in [0.25, 0.3) is 0 Å². The fourth-order valence-electron chi connectivity index (χ4n) is 1.55. The van der Waals surface area contributed by atoms with E-state index in [2.05, 4.69) is 0 Å². The summed E-state index contributed by atoms with van der Waals surface area (Å²) in [6.45, 7) is 6.38. The fourth-order valence-corrected chi connectivity index (χ4v) is 1.55. The van der Waals surface area contributed by atoms with Crippen LogP contribution in [0.25, 0.3) is 0 Å². The molecule has 0 spiro atoms. The zero-order chi connectivity index (χ0) is 11.6. The van der Waals surface area contributed by atoms with Crippen molar-refractivity contribution >= 4 is 11.9 Å². The van der Waals surface area contributed by atoms with Crippen LogP contribution in [0.15, 0.2) is 0 Å². The molecule has 0 saturated carbocycles. The van der Waals surface area contributed by atoms with Gasteiger partial charge in [-0.15, -0.1) is 0 Å². The number of carbonyl (C=O) groups is 2. The highest BCUT2D eigenvalue weighted by atomic mass is 16.4. The van der Waals surface area contributed by atoms with E-state index in [9.17, 15) is 9.59 Å². The number of carboxylic acid groups (broad SMARTS) is 2. The Morgan fingerprint density at radius 3 is 1.21 bits per heavy atom. The Kier molecular flexibility index (Phi) is 3.68. The highest BCUT2D eigenvalue weighted by molar-refractivity contribution is 5.85. The van der Waals surface area contributed by atoms with E-state index in [1.807, 2.05) is 0 Å². The summed E-state index contributed by atoms with van der Waals surface area (Å²) in [5, 5.41) is 18.2. The first-order valence-electron chi connectivity index (χ1n) is 4.73. The monoisotopic (exact) mass is 202 g/mol. The zero-order valence-electron chi connectivity index (χ0n) is 9.13. The molecule has 0 saturated heterocycles. The molecule has 2 N–H and O–H groups in total. The minimum absolute atomic E-state index is 0.305. The SMILES string of the molecule is CC[C@@](C)(C(=O)O)[C@](C)(CC)C(=O)O. The summed E-state index contributed by atoms with van der Waals surface area (Å²) in [6, 6.07) is 0. The fraction of sp³-hybridized carbons (Fsp3) is 0.800. The van der Waals surface area contributed by atoms with Gasteiger partial charge in [-0.25, -0.2) is 0 Å². The predicted octanol–water partition coefficient (Wildman–Crippen LogP) is 1.99. The molecule has 0 unspecified atom stereocenters. The average molecular weight is 202 g/mol. The van der Waals surface area contributed by atoms with Gasteiger partial charge in [-0.05, 0) is 26.7 Å². The molecule has 0 aromatic heterocycles. The predicted molar refractivity (Wildman–Crippen MR) is 52.1 cm³/mol. The maximum atomic E-state index is 11.1. The number of aliphatic carboxylic acids is 2. The van der Waals surface area contributed by atoms with Crippen molar-refractivity contribution in [1.82, 2.24) is 0 Å². The molecule has 0 fully saturated rings. The lowest BCUT2D eigenvalue weighted by molar-refractivity contribution is -0.172. The van der Waals surface area contributed by atoms with Crippen LogP contribution in [-0.4, -0.2) is 22.2 Å².